The zero-order chi connectivity index (χ0) is 7.56. The molecule has 10 heavy (non-hydrogen) atoms. The maximum absolute atomic E-state index is 5.59. The molecule has 1 aromatic heterocycles. The summed E-state index contributed by atoms with van der Waals surface area (Å²) in [6, 6.07) is 0.208. The number of rotatable bonds is 2. The molecule has 0 fully saturated rings. The van der Waals surface area contributed by atoms with Crippen LogP contribution in [0, 0.1) is 6.92 Å². The second kappa shape index (κ2) is 2.84. The van der Waals surface area contributed by atoms with E-state index in [1.165, 1.54) is 0 Å². The van der Waals surface area contributed by atoms with Crippen molar-refractivity contribution < 1.29 is 0 Å². The minimum absolute atomic E-state index is 0.208. The molecule has 1 aromatic rings. The summed E-state index contributed by atoms with van der Waals surface area (Å²) in [6.45, 7) is 3.92. The molecule has 0 aliphatic carbocycles. The molecule has 1 rings (SSSR count). The van der Waals surface area contributed by atoms with Crippen LogP contribution in [0.15, 0.2) is 6.20 Å². The molecule has 0 bridgehead atoms. The molecule has 3 heteroatoms. The molecule has 0 saturated heterocycles. The second-order valence-electron chi connectivity index (χ2n) is 2.68. The van der Waals surface area contributed by atoms with Gasteiger partial charge in [0.15, 0.2) is 0 Å². The molecule has 3 N–H and O–H groups in total. The first-order valence-corrected chi connectivity index (χ1v) is 3.44. The number of aromatic nitrogens is 2. The molecule has 1 unspecified atom stereocenters. The van der Waals surface area contributed by atoms with E-state index in [1.807, 2.05) is 20.0 Å². The third-order valence-electron chi connectivity index (χ3n) is 1.30. The number of hydrogen-bond acceptors (Lipinski definition) is 2. The van der Waals surface area contributed by atoms with Crippen LogP contribution in [0.5, 0.6) is 0 Å². The zero-order valence-electron chi connectivity index (χ0n) is 6.39. The van der Waals surface area contributed by atoms with Crippen LogP contribution in [0.2, 0.25) is 0 Å². The van der Waals surface area contributed by atoms with Crippen molar-refractivity contribution in [3.8, 4) is 0 Å². The average molecular weight is 139 g/mol. The fourth-order valence-corrected chi connectivity index (χ4v) is 0.922. The highest BCUT2D eigenvalue weighted by molar-refractivity contribution is 5.01. The Morgan fingerprint density at radius 3 is 2.90 bits per heavy atom. The molecule has 0 aromatic carbocycles. The van der Waals surface area contributed by atoms with Gasteiger partial charge in [-0.1, -0.05) is 0 Å². The predicted molar refractivity (Wildman–Crippen MR) is 40.7 cm³/mol. The third-order valence-corrected chi connectivity index (χ3v) is 1.30. The van der Waals surface area contributed by atoms with E-state index < -0.39 is 0 Å². The van der Waals surface area contributed by atoms with Gasteiger partial charge in [0.1, 0.15) is 5.82 Å². The summed E-state index contributed by atoms with van der Waals surface area (Å²) in [5.74, 6) is 0.954. The maximum Gasteiger partial charge on any atom is 0.103 e. The summed E-state index contributed by atoms with van der Waals surface area (Å²) in [5, 5.41) is 0. The van der Waals surface area contributed by atoms with Gasteiger partial charge in [-0.05, 0) is 13.8 Å². The van der Waals surface area contributed by atoms with Crippen LogP contribution in [0.3, 0.4) is 0 Å². The molecular formula is C7H13N3. The van der Waals surface area contributed by atoms with Gasteiger partial charge in [0.05, 0.1) is 0 Å². The molecule has 0 saturated carbocycles. The van der Waals surface area contributed by atoms with Crippen molar-refractivity contribution in [3.63, 3.8) is 0 Å². The van der Waals surface area contributed by atoms with Crippen LogP contribution in [0.1, 0.15) is 18.4 Å². The Hall–Kier alpha value is -0.830. The van der Waals surface area contributed by atoms with Gasteiger partial charge in [-0.3, -0.25) is 0 Å². The molecular weight excluding hydrogens is 126 g/mol. The lowest BCUT2D eigenvalue weighted by Gasteiger charge is -1.99. The van der Waals surface area contributed by atoms with E-state index in [9.17, 15) is 0 Å². The summed E-state index contributed by atoms with van der Waals surface area (Å²) < 4.78 is 0. The molecule has 0 radical (unpaired) electrons. The lowest BCUT2D eigenvalue weighted by molar-refractivity contribution is 0.724. The number of imidazole rings is 1. The monoisotopic (exact) mass is 139 g/mol. The predicted octanol–water partition coefficient (Wildman–Crippen LogP) is 0.608. The maximum atomic E-state index is 5.59. The number of hydrogen-bond donors (Lipinski definition) is 2. The Morgan fingerprint density at radius 1 is 1.80 bits per heavy atom. The van der Waals surface area contributed by atoms with Gasteiger partial charge in [-0.25, -0.2) is 4.98 Å². The van der Waals surface area contributed by atoms with Crippen molar-refractivity contribution in [2.45, 2.75) is 26.3 Å². The van der Waals surface area contributed by atoms with Crippen LogP contribution in [-0.4, -0.2) is 16.0 Å². The van der Waals surface area contributed by atoms with Crippen molar-refractivity contribution >= 4 is 0 Å². The summed E-state index contributed by atoms with van der Waals surface area (Å²) in [6.07, 6.45) is 2.71. The summed E-state index contributed by atoms with van der Waals surface area (Å²) in [7, 11) is 0. The number of nitrogens with one attached hydrogen (secondary N) is 1. The highest BCUT2D eigenvalue weighted by Crippen LogP contribution is 1.97. The fraction of sp³-hybridized carbons (Fsp3) is 0.571. The minimum atomic E-state index is 0.208. The van der Waals surface area contributed by atoms with Crippen LogP contribution < -0.4 is 5.73 Å². The summed E-state index contributed by atoms with van der Waals surface area (Å²) in [4.78, 5) is 7.17. The Balaban J connectivity index is 2.58. The lowest BCUT2D eigenvalue weighted by Crippen LogP contribution is -2.17. The number of H-pyrrole nitrogens is 1. The minimum Gasteiger partial charge on any atom is -0.346 e. The van der Waals surface area contributed by atoms with Crippen LogP contribution in [0.4, 0.5) is 0 Å². The van der Waals surface area contributed by atoms with Gasteiger partial charge in [0.2, 0.25) is 0 Å². The van der Waals surface area contributed by atoms with E-state index in [0.717, 1.165) is 17.9 Å². The molecule has 0 spiro atoms. The third kappa shape index (κ3) is 1.84. The number of aryl methyl sites for hydroxylation is 1. The average Bonchev–Trinajstić information content (AvgIpc) is 2.13. The van der Waals surface area contributed by atoms with E-state index in [4.69, 9.17) is 5.73 Å². The van der Waals surface area contributed by atoms with Gasteiger partial charge in [0.25, 0.3) is 0 Å². The SMILES string of the molecule is Cc1ncc(CC(C)N)[nH]1. The molecule has 1 atom stereocenters. The highest BCUT2D eigenvalue weighted by atomic mass is 14.9. The van der Waals surface area contributed by atoms with Gasteiger partial charge in [0, 0.05) is 24.4 Å². The number of nitrogens with zero attached hydrogens (tertiary/aromatic N) is 1. The Morgan fingerprint density at radius 2 is 2.50 bits per heavy atom. The number of nitrogens with two attached hydrogens (primary N) is 1. The first-order valence-electron chi connectivity index (χ1n) is 3.44. The molecule has 56 valence electrons. The molecule has 1 heterocycles. The Kier molecular flexibility index (Phi) is 2.06. The Bertz CT molecular complexity index is 202. The van der Waals surface area contributed by atoms with E-state index in [2.05, 4.69) is 9.97 Å². The van der Waals surface area contributed by atoms with E-state index >= 15 is 0 Å². The van der Waals surface area contributed by atoms with Crippen LogP contribution in [-0.2, 0) is 6.42 Å². The highest BCUT2D eigenvalue weighted by Gasteiger charge is 1.98. The van der Waals surface area contributed by atoms with E-state index in [0.29, 0.717) is 0 Å². The second-order valence-corrected chi connectivity index (χ2v) is 2.68. The number of aromatic amines is 1. The first-order chi connectivity index (χ1) is 4.68. The summed E-state index contributed by atoms with van der Waals surface area (Å²) >= 11 is 0. The van der Waals surface area contributed by atoms with Crippen molar-refractivity contribution in [1.82, 2.24) is 9.97 Å². The quantitative estimate of drug-likeness (QED) is 0.630. The molecule has 0 aliphatic heterocycles. The molecule has 0 amide bonds. The Labute approximate surface area is 60.7 Å². The standard InChI is InChI=1S/C7H13N3/c1-5(8)3-7-4-9-6(2)10-7/h4-5H,3,8H2,1-2H3,(H,9,10). The summed E-state index contributed by atoms with van der Waals surface area (Å²) in [5.41, 5.74) is 6.70. The topological polar surface area (TPSA) is 54.7 Å². The van der Waals surface area contributed by atoms with Crippen molar-refractivity contribution in [2.24, 2.45) is 5.73 Å². The van der Waals surface area contributed by atoms with E-state index in [-0.39, 0.29) is 6.04 Å². The largest absolute Gasteiger partial charge is 0.346 e. The smallest absolute Gasteiger partial charge is 0.103 e. The first kappa shape index (κ1) is 7.28. The van der Waals surface area contributed by atoms with Crippen molar-refractivity contribution in [3.05, 3.63) is 17.7 Å². The van der Waals surface area contributed by atoms with Gasteiger partial charge < -0.3 is 10.7 Å². The van der Waals surface area contributed by atoms with Crippen molar-refractivity contribution in [2.75, 3.05) is 0 Å². The zero-order valence-corrected chi connectivity index (χ0v) is 6.39. The lowest BCUT2D eigenvalue weighted by atomic mass is 10.2. The van der Waals surface area contributed by atoms with Gasteiger partial charge >= 0.3 is 0 Å². The molecule has 3 nitrogen and oxygen atoms in total. The van der Waals surface area contributed by atoms with Gasteiger partial charge in [-0.2, -0.15) is 0 Å². The fourth-order valence-electron chi connectivity index (χ4n) is 0.922. The molecule has 0 aliphatic rings. The van der Waals surface area contributed by atoms with E-state index in [1.54, 1.807) is 0 Å². The normalized spacial score (nSPS) is 13.5. The van der Waals surface area contributed by atoms with Crippen LogP contribution >= 0.6 is 0 Å². The van der Waals surface area contributed by atoms with Crippen LogP contribution in [0.25, 0.3) is 0 Å². The van der Waals surface area contributed by atoms with Gasteiger partial charge in [-0.15, -0.1) is 0 Å². The van der Waals surface area contributed by atoms with Crippen molar-refractivity contribution in [1.29, 1.82) is 0 Å².